The predicted octanol–water partition coefficient (Wildman–Crippen LogP) is 2.58. The zero-order valence-corrected chi connectivity index (χ0v) is 15.7. The van der Waals surface area contributed by atoms with Gasteiger partial charge in [0.25, 0.3) is 0 Å². The minimum atomic E-state index is 0.873. The molecule has 0 atom stereocenters. The summed E-state index contributed by atoms with van der Waals surface area (Å²) in [6.07, 6.45) is 3.89. The quantitative estimate of drug-likeness (QED) is 0.658. The molecule has 0 unspecified atom stereocenters. The van der Waals surface area contributed by atoms with Gasteiger partial charge in [0, 0.05) is 51.5 Å². The topological polar surface area (TPSA) is 34.1 Å². The number of aliphatic imine (C=N–C) groups is 1. The standard InChI is InChI=1S/C20H33N5/c1-2-23-15-17-24(18-16-23)14-11-21-20(25-12-7-4-8-13-25)22-19-9-5-3-6-10-19/h3,5-6,9-10H,2,4,7-8,11-18H2,1H3,(H,21,22). The Kier molecular flexibility index (Phi) is 7.12. The highest BCUT2D eigenvalue weighted by atomic mass is 15.3. The van der Waals surface area contributed by atoms with Crippen LogP contribution in [0.25, 0.3) is 0 Å². The van der Waals surface area contributed by atoms with Crippen LogP contribution in [0.4, 0.5) is 5.69 Å². The number of rotatable bonds is 5. The lowest BCUT2D eigenvalue weighted by molar-refractivity contribution is 0.140. The van der Waals surface area contributed by atoms with E-state index in [1.54, 1.807) is 0 Å². The number of hydrogen-bond acceptors (Lipinski definition) is 3. The molecule has 0 aliphatic carbocycles. The average molecular weight is 344 g/mol. The maximum absolute atomic E-state index is 4.95. The van der Waals surface area contributed by atoms with Crippen molar-refractivity contribution in [1.29, 1.82) is 0 Å². The molecule has 25 heavy (non-hydrogen) atoms. The van der Waals surface area contributed by atoms with Gasteiger partial charge in [0.1, 0.15) is 0 Å². The zero-order valence-electron chi connectivity index (χ0n) is 15.7. The SMILES string of the molecule is CCN1CCN(CCN=C(Nc2ccccc2)N2CCCCC2)CC1. The van der Waals surface area contributed by atoms with E-state index in [1.807, 2.05) is 0 Å². The van der Waals surface area contributed by atoms with E-state index in [2.05, 4.69) is 57.3 Å². The molecule has 2 heterocycles. The van der Waals surface area contributed by atoms with Gasteiger partial charge in [0.05, 0.1) is 6.54 Å². The van der Waals surface area contributed by atoms with Gasteiger partial charge in [0.2, 0.25) is 0 Å². The third-order valence-corrected chi connectivity index (χ3v) is 5.28. The second kappa shape index (κ2) is 9.78. The van der Waals surface area contributed by atoms with E-state index < -0.39 is 0 Å². The fraction of sp³-hybridized carbons (Fsp3) is 0.650. The summed E-state index contributed by atoms with van der Waals surface area (Å²) in [7, 11) is 0. The van der Waals surface area contributed by atoms with Crippen LogP contribution in [0, 0.1) is 0 Å². The largest absolute Gasteiger partial charge is 0.343 e. The van der Waals surface area contributed by atoms with Crippen molar-refractivity contribution in [3.05, 3.63) is 30.3 Å². The highest BCUT2D eigenvalue weighted by Gasteiger charge is 2.17. The number of piperazine rings is 1. The number of likely N-dealkylation sites (N-methyl/N-ethyl adjacent to an activating group) is 1. The number of piperidine rings is 1. The molecule has 0 amide bonds. The first-order chi connectivity index (χ1) is 12.3. The highest BCUT2D eigenvalue weighted by Crippen LogP contribution is 2.12. The van der Waals surface area contributed by atoms with Gasteiger partial charge in [-0.2, -0.15) is 0 Å². The van der Waals surface area contributed by atoms with Gasteiger partial charge in [-0.05, 0) is 37.9 Å². The Balaban J connectivity index is 1.55. The van der Waals surface area contributed by atoms with Crippen LogP contribution in [0.15, 0.2) is 35.3 Å². The smallest absolute Gasteiger partial charge is 0.198 e. The van der Waals surface area contributed by atoms with E-state index in [0.29, 0.717) is 0 Å². The first-order valence-corrected chi connectivity index (χ1v) is 9.91. The first kappa shape index (κ1) is 18.2. The molecule has 1 N–H and O–H groups in total. The van der Waals surface area contributed by atoms with E-state index >= 15 is 0 Å². The summed E-state index contributed by atoms with van der Waals surface area (Å²) in [5.41, 5.74) is 1.13. The van der Waals surface area contributed by atoms with Crippen molar-refractivity contribution in [2.75, 3.05) is 64.2 Å². The van der Waals surface area contributed by atoms with E-state index in [4.69, 9.17) is 4.99 Å². The summed E-state index contributed by atoms with van der Waals surface area (Å²) in [6.45, 7) is 12.3. The van der Waals surface area contributed by atoms with E-state index in [-0.39, 0.29) is 0 Å². The van der Waals surface area contributed by atoms with Crippen LogP contribution in [0.5, 0.6) is 0 Å². The van der Waals surface area contributed by atoms with Crippen LogP contribution in [0.3, 0.4) is 0 Å². The molecule has 3 rings (SSSR count). The Morgan fingerprint density at radius 3 is 2.28 bits per heavy atom. The molecule has 0 bridgehead atoms. The van der Waals surface area contributed by atoms with E-state index in [1.165, 1.54) is 52.0 Å². The number of anilines is 1. The molecule has 5 heteroatoms. The number of nitrogens with zero attached hydrogens (tertiary/aromatic N) is 4. The fourth-order valence-electron chi connectivity index (χ4n) is 3.60. The van der Waals surface area contributed by atoms with Gasteiger partial charge >= 0.3 is 0 Å². The zero-order chi connectivity index (χ0) is 17.3. The van der Waals surface area contributed by atoms with Crippen molar-refractivity contribution in [2.24, 2.45) is 4.99 Å². The maximum atomic E-state index is 4.95. The van der Waals surface area contributed by atoms with Crippen molar-refractivity contribution in [3.63, 3.8) is 0 Å². The summed E-state index contributed by atoms with van der Waals surface area (Å²) >= 11 is 0. The van der Waals surface area contributed by atoms with Crippen LogP contribution >= 0.6 is 0 Å². The number of benzene rings is 1. The minimum Gasteiger partial charge on any atom is -0.343 e. The first-order valence-electron chi connectivity index (χ1n) is 9.91. The van der Waals surface area contributed by atoms with Crippen molar-refractivity contribution in [1.82, 2.24) is 14.7 Å². The third-order valence-electron chi connectivity index (χ3n) is 5.28. The van der Waals surface area contributed by atoms with Crippen LogP contribution in [0.2, 0.25) is 0 Å². The number of nitrogens with one attached hydrogen (secondary N) is 1. The summed E-state index contributed by atoms with van der Waals surface area (Å²) in [5, 5.41) is 3.55. The summed E-state index contributed by atoms with van der Waals surface area (Å²) in [5.74, 6) is 1.05. The molecule has 0 aromatic heterocycles. The van der Waals surface area contributed by atoms with Gasteiger partial charge in [-0.25, -0.2) is 0 Å². The van der Waals surface area contributed by atoms with E-state index in [9.17, 15) is 0 Å². The molecule has 2 aliphatic heterocycles. The molecule has 0 radical (unpaired) electrons. The Bertz CT molecular complexity index is 516. The molecule has 2 saturated heterocycles. The van der Waals surface area contributed by atoms with Gasteiger partial charge in [-0.15, -0.1) is 0 Å². The molecule has 0 spiro atoms. The Morgan fingerprint density at radius 1 is 0.920 bits per heavy atom. The maximum Gasteiger partial charge on any atom is 0.198 e. The lowest BCUT2D eigenvalue weighted by Gasteiger charge is -2.34. The molecule has 2 aliphatic rings. The van der Waals surface area contributed by atoms with Crippen molar-refractivity contribution < 1.29 is 0 Å². The van der Waals surface area contributed by atoms with E-state index in [0.717, 1.165) is 37.8 Å². The fourth-order valence-corrected chi connectivity index (χ4v) is 3.60. The highest BCUT2D eigenvalue weighted by molar-refractivity contribution is 5.93. The van der Waals surface area contributed by atoms with Crippen molar-refractivity contribution in [2.45, 2.75) is 26.2 Å². The second-order valence-corrected chi connectivity index (χ2v) is 7.02. The normalized spacial score (nSPS) is 20.7. The molecule has 138 valence electrons. The molecule has 1 aromatic rings. The molecule has 0 saturated carbocycles. The number of para-hydroxylation sites is 1. The van der Waals surface area contributed by atoms with Crippen LogP contribution < -0.4 is 5.32 Å². The second-order valence-electron chi connectivity index (χ2n) is 7.02. The summed E-state index contributed by atoms with van der Waals surface area (Å²) in [4.78, 5) is 12.4. The number of likely N-dealkylation sites (tertiary alicyclic amines) is 1. The Morgan fingerprint density at radius 2 is 1.60 bits per heavy atom. The molecular formula is C20H33N5. The van der Waals surface area contributed by atoms with Gasteiger partial charge < -0.3 is 15.1 Å². The summed E-state index contributed by atoms with van der Waals surface area (Å²) in [6, 6.07) is 10.4. The predicted molar refractivity (Wildman–Crippen MR) is 106 cm³/mol. The Labute approximate surface area is 152 Å². The molecule has 5 nitrogen and oxygen atoms in total. The van der Waals surface area contributed by atoms with Crippen LogP contribution in [-0.4, -0.2) is 79.6 Å². The van der Waals surface area contributed by atoms with Gasteiger partial charge in [-0.1, -0.05) is 25.1 Å². The lowest BCUT2D eigenvalue weighted by atomic mass is 10.1. The van der Waals surface area contributed by atoms with Crippen LogP contribution in [0.1, 0.15) is 26.2 Å². The average Bonchev–Trinajstić information content (AvgIpc) is 2.69. The van der Waals surface area contributed by atoms with Gasteiger partial charge in [-0.3, -0.25) is 9.89 Å². The number of hydrogen-bond donors (Lipinski definition) is 1. The molecule has 1 aromatic carbocycles. The van der Waals surface area contributed by atoms with Gasteiger partial charge in [0.15, 0.2) is 5.96 Å². The number of guanidine groups is 1. The monoisotopic (exact) mass is 343 g/mol. The molecular weight excluding hydrogens is 310 g/mol. The lowest BCUT2D eigenvalue weighted by Crippen LogP contribution is -2.47. The van der Waals surface area contributed by atoms with Crippen molar-refractivity contribution in [3.8, 4) is 0 Å². The molecule has 2 fully saturated rings. The third kappa shape index (κ3) is 5.72. The Hall–Kier alpha value is -1.59. The van der Waals surface area contributed by atoms with Crippen LogP contribution in [-0.2, 0) is 0 Å². The minimum absolute atomic E-state index is 0.873. The summed E-state index contributed by atoms with van der Waals surface area (Å²) < 4.78 is 0. The van der Waals surface area contributed by atoms with Crippen molar-refractivity contribution >= 4 is 11.6 Å².